The first kappa shape index (κ1) is 13.7. The molecule has 1 aromatic carbocycles. The number of benzene rings is 1. The van der Waals surface area contributed by atoms with E-state index in [1.807, 2.05) is 11.6 Å². The quantitative estimate of drug-likeness (QED) is 0.670. The number of aromatic nitrogens is 1. The van der Waals surface area contributed by atoms with Crippen molar-refractivity contribution < 1.29 is 0 Å². The zero-order chi connectivity index (χ0) is 13.1. The Labute approximate surface area is 120 Å². The van der Waals surface area contributed by atoms with Crippen LogP contribution in [0.15, 0.2) is 28.2 Å². The molecule has 0 aliphatic heterocycles. The third kappa shape index (κ3) is 2.98. The second-order valence-electron chi connectivity index (χ2n) is 4.32. The molecule has 96 valence electrons. The third-order valence-electron chi connectivity index (χ3n) is 2.92. The van der Waals surface area contributed by atoms with E-state index in [1.165, 1.54) is 16.7 Å². The lowest BCUT2D eigenvalue weighted by Gasteiger charge is -2.17. The molecule has 0 radical (unpaired) electrons. The molecule has 0 aliphatic carbocycles. The summed E-state index contributed by atoms with van der Waals surface area (Å²) in [6.07, 6.45) is 2.64. The summed E-state index contributed by atoms with van der Waals surface area (Å²) in [5.74, 6) is 5.67. The van der Waals surface area contributed by atoms with Crippen LogP contribution in [0.5, 0.6) is 0 Å². The van der Waals surface area contributed by atoms with Crippen LogP contribution < -0.4 is 11.3 Å². The van der Waals surface area contributed by atoms with Crippen LogP contribution in [-0.4, -0.2) is 4.98 Å². The number of nitrogens with zero attached hydrogens (tertiary/aromatic N) is 1. The highest BCUT2D eigenvalue weighted by atomic mass is 79.9. The molecule has 1 unspecified atom stereocenters. The molecule has 0 saturated carbocycles. The largest absolute Gasteiger partial charge is 0.271 e. The minimum absolute atomic E-state index is 0.0987. The fourth-order valence-electron chi connectivity index (χ4n) is 1.98. The highest BCUT2D eigenvalue weighted by molar-refractivity contribution is 9.10. The van der Waals surface area contributed by atoms with Crippen LogP contribution in [0.1, 0.15) is 27.7 Å². The molecule has 2 rings (SSSR count). The lowest BCUT2D eigenvalue weighted by Crippen LogP contribution is -2.29. The van der Waals surface area contributed by atoms with Gasteiger partial charge in [0.1, 0.15) is 0 Å². The lowest BCUT2D eigenvalue weighted by atomic mass is 10.00. The topological polar surface area (TPSA) is 50.9 Å². The summed E-state index contributed by atoms with van der Waals surface area (Å²) >= 11 is 5.24. The van der Waals surface area contributed by atoms with Crippen molar-refractivity contribution in [3.05, 3.63) is 49.9 Å². The van der Waals surface area contributed by atoms with Gasteiger partial charge in [0.15, 0.2) is 0 Å². The van der Waals surface area contributed by atoms with Gasteiger partial charge in [0.05, 0.1) is 11.0 Å². The Balaban J connectivity index is 2.27. The van der Waals surface area contributed by atoms with E-state index in [2.05, 4.69) is 52.3 Å². The Morgan fingerprint density at radius 3 is 2.56 bits per heavy atom. The molecular weight excluding hydrogens is 310 g/mol. The third-order valence-corrected chi connectivity index (χ3v) is 4.98. The van der Waals surface area contributed by atoms with Crippen molar-refractivity contribution in [1.29, 1.82) is 0 Å². The monoisotopic (exact) mass is 325 g/mol. The first-order valence-electron chi connectivity index (χ1n) is 5.73. The summed E-state index contributed by atoms with van der Waals surface area (Å²) in [7, 11) is 0. The summed E-state index contributed by atoms with van der Waals surface area (Å²) in [5.41, 5.74) is 6.53. The standard InChI is InChI=1S/C13H16BrN3S/c1-8-5-10(6-9(2)13(8)14)11(17-15)7-12-16-3-4-18-12/h3-6,11,17H,7,15H2,1-2H3. The molecule has 0 bridgehead atoms. The Morgan fingerprint density at radius 1 is 1.39 bits per heavy atom. The average molecular weight is 326 g/mol. The Hall–Kier alpha value is -0.750. The molecule has 0 aliphatic rings. The molecule has 0 amide bonds. The van der Waals surface area contributed by atoms with Crippen LogP contribution >= 0.6 is 27.3 Å². The maximum Gasteiger partial charge on any atom is 0.0944 e. The fraction of sp³-hybridized carbons (Fsp3) is 0.308. The van der Waals surface area contributed by atoms with Crippen molar-refractivity contribution in [2.75, 3.05) is 0 Å². The summed E-state index contributed by atoms with van der Waals surface area (Å²) < 4.78 is 1.16. The molecule has 5 heteroatoms. The Kier molecular flexibility index (Phi) is 4.50. The molecule has 0 spiro atoms. The van der Waals surface area contributed by atoms with E-state index in [9.17, 15) is 0 Å². The summed E-state index contributed by atoms with van der Waals surface area (Å²) in [6.45, 7) is 4.19. The number of hydrogen-bond acceptors (Lipinski definition) is 4. The first-order valence-corrected chi connectivity index (χ1v) is 7.40. The average Bonchev–Trinajstić information content (AvgIpc) is 2.85. The van der Waals surface area contributed by atoms with E-state index in [-0.39, 0.29) is 6.04 Å². The molecule has 18 heavy (non-hydrogen) atoms. The Bertz CT molecular complexity index is 502. The van der Waals surface area contributed by atoms with E-state index in [0.717, 1.165) is 15.9 Å². The van der Waals surface area contributed by atoms with Crippen LogP contribution in [0.25, 0.3) is 0 Å². The molecule has 3 N–H and O–H groups in total. The second kappa shape index (κ2) is 5.93. The van der Waals surface area contributed by atoms with Gasteiger partial charge in [0.25, 0.3) is 0 Å². The number of halogens is 1. The van der Waals surface area contributed by atoms with Gasteiger partial charge in [0.2, 0.25) is 0 Å². The molecule has 1 atom stereocenters. The van der Waals surface area contributed by atoms with Crippen LogP contribution in [0, 0.1) is 13.8 Å². The predicted molar refractivity (Wildman–Crippen MR) is 79.5 cm³/mol. The van der Waals surface area contributed by atoms with Crippen LogP contribution in [-0.2, 0) is 6.42 Å². The van der Waals surface area contributed by atoms with Crippen molar-refractivity contribution in [3.8, 4) is 0 Å². The highest BCUT2D eigenvalue weighted by Gasteiger charge is 2.14. The normalized spacial score (nSPS) is 12.7. The number of aryl methyl sites for hydroxylation is 2. The van der Waals surface area contributed by atoms with Crippen molar-refractivity contribution in [3.63, 3.8) is 0 Å². The summed E-state index contributed by atoms with van der Waals surface area (Å²) in [6, 6.07) is 4.42. The minimum atomic E-state index is 0.0987. The maximum absolute atomic E-state index is 5.67. The van der Waals surface area contributed by atoms with E-state index in [4.69, 9.17) is 5.84 Å². The smallest absolute Gasteiger partial charge is 0.0944 e. The van der Waals surface area contributed by atoms with E-state index >= 15 is 0 Å². The highest BCUT2D eigenvalue weighted by Crippen LogP contribution is 2.27. The molecule has 2 aromatic rings. The van der Waals surface area contributed by atoms with Crippen LogP contribution in [0.3, 0.4) is 0 Å². The Morgan fingerprint density at radius 2 is 2.06 bits per heavy atom. The zero-order valence-electron chi connectivity index (χ0n) is 10.4. The molecule has 1 aromatic heterocycles. The molecule has 3 nitrogen and oxygen atoms in total. The van der Waals surface area contributed by atoms with Gasteiger partial charge in [-0.15, -0.1) is 11.3 Å². The summed E-state index contributed by atoms with van der Waals surface area (Å²) in [4.78, 5) is 4.31. The van der Waals surface area contributed by atoms with Gasteiger partial charge in [0, 0.05) is 22.5 Å². The number of nitrogens with two attached hydrogens (primary N) is 1. The SMILES string of the molecule is Cc1cc(C(Cc2nccs2)NN)cc(C)c1Br. The molecular formula is C13H16BrN3S. The van der Waals surface area contributed by atoms with Gasteiger partial charge in [-0.05, 0) is 30.5 Å². The van der Waals surface area contributed by atoms with Gasteiger partial charge in [-0.2, -0.15) is 0 Å². The van der Waals surface area contributed by atoms with E-state index in [1.54, 1.807) is 11.3 Å². The van der Waals surface area contributed by atoms with Gasteiger partial charge in [-0.1, -0.05) is 28.1 Å². The van der Waals surface area contributed by atoms with Crippen molar-refractivity contribution >= 4 is 27.3 Å². The van der Waals surface area contributed by atoms with Gasteiger partial charge >= 0.3 is 0 Å². The second-order valence-corrected chi connectivity index (χ2v) is 6.09. The summed E-state index contributed by atoms with van der Waals surface area (Å²) in [5, 5.41) is 3.08. The van der Waals surface area contributed by atoms with E-state index in [0.29, 0.717) is 0 Å². The molecule has 0 saturated heterocycles. The van der Waals surface area contributed by atoms with Crippen molar-refractivity contribution in [2.45, 2.75) is 26.3 Å². The predicted octanol–water partition coefficient (Wildman–Crippen LogP) is 3.27. The number of hydrazine groups is 1. The van der Waals surface area contributed by atoms with Crippen LogP contribution in [0.4, 0.5) is 0 Å². The zero-order valence-corrected chi connectivity index (χ0v) is 12.8. The lowest BCUT2D eigenvalue weighted by molar-refractivity contribution is 0.550. The van der Waals surface area contributed by atoms with Gasteiger partial charge in [-0.3, -0.25) is 11.3 Å². The maximum atomic E-state index is 5.67. The van der Waals surface area contributed by atoms with Crippen LogP contribution in [0.2, 0.25) is 0 Å². The van der Waals surface area contributed by atoms with Crippen molar-refractivity contribution in [1.82, 2.24) is 10.4 Å². The van der Waals surface area contributed by atoms with Gasteiger partial charge < -0.3 is 0 Å². The minimum Gasteiger partial charge on any atom is -0.271 e. The van der Waals surface area contributed by atoms with Gasteiger partial charge in [-0.25, -0.2) is 4.98 Å². The molecule has 0 fully saturated rings. The number of nitrogens with one attached hydrogen (secondary N) is 1. The fourth-order valence-corrected chi connectivity index (χ4v) is 2.87. The number of rotatable bonds is 4. The number of thiazole rings is 1. The van der Waals surface area contributed by atoms with Crippen molar-refractivity contribution in [2.24, 2.45) is 5.84 Å². The van der Waals surface area contributed by atoms with E-state index < -0.39 is 0 Å². The first-order chi connectivity index (χ1) is 8.61. The molecule has 1 heterocycles. The number of hydrogen-bond donors (Lipinski definition) is 2.